The molecule has 0 bridgehead atoms. The van der Waals surface area contributed by atoms with Crippen LogP contribution in [0.4, 0.5) is 4.39 Å². The zero-order valence-electron chi connectivity index (χ0n) is 12.9. The maximum absolute atomic E-state index is 13.1. The van der Waals surface area contributed by atoms with E-state index >= 15 is 0 Å². The lowest BCUT2D eigenvalue weighted by molar-refractivity contribution is 0.627. The van der Waals surface area contributed by atoms with Crippen LogP contribution in [0.3, 0.4) is 0 Å². The highest BCUT2D eigenvalue weighted by molar-refractivity contribution is 7.14. The number of rotatable bonds is 4. The van der Waals surface area contributed by atoms with Crippen LogP contribution in [0, 0.1) is 5.82 Å². The van der Waals surface area contributed by atoms with Crippen molar-refractivity contribution in [2.75, 3.05) is 7.05 Å². The highest BCUT2D eigenvalue weighted by Gasteiger charge is 2.10. The van der Waals surface area contributed by atoms with Crippen molar-refractivity contribution in [2.45, 2.75) is 13.3 Å². The maximum Gasteiger partial charge on any atom is 0.205 e. The molecule has 2 aromatic heterocycles. The first-order valence-corrected chi connectivity index (χ1v) is 9.00. The number of hydrogen-bond donors (Lipinski definition) is 0. The van der Waals surface area contributed by atoms with Crippen LogP contribution in [0.5, 0.6) is 0 Å². The summed E-state index contributed by atoms with van der Waals surface area (Å²) in [6.07, 6.45) is 0.752. The number of thiazole rings is 1. The molecule has 0 saturated carbocycles. The van der Waals surface area contributed by atoms with Crippen molar-refractivity contribution in [3.63, 3.8) is 0 Å². The Bertz CT molecular complexity index is 871. The summed E-state index contributed by atoms with van der Waals surface area (Å²) < 4.78 is 15.0. The summed E-state index contributed by atoms with van der Waals surface area (Å²) in [6.45, 7) is 2.04. The van der Waals surface area contributed by atoms with Gasteiger partial charge in [0.25, 0.3) is 0 Å². The molecule has 0 aliphatic heterocycles. The van der Waals surface area contributed by atoms with Gasteiger partial charge < -0.3 is 0 Å². The second-order valence-electron chi connectivity index (χ2n) is 4.82. The van der Waals surface area contributed by atoms with Gasteiger partial charge in [0.2, 0.25) is 4.80 Å². The Morgan fingerprint density at radius 3 is 2.57 bits per heavy atom. The number of hydrogen-bond acceptors (Lipinski definition) is 4. The van der Waals surface area contributed by atoms with Gasteiger partial charge in [0.05, 0.1) is 16.3 Å². The van der Waals surface area contributed by atoms with Crippen molar-refractivity contribution in [2.24, 2.45) is 10.1 Å². The monoisotopic (exact) mass is 345 g/mol. The van der Waals surface area contributed by atoms with E-state index in [4.69, 9.17) is 5.10 Å². The minimum absolute atomic E-state index is 0.240. The van der Waals surface area contributed by atoms with E-state index in [0.717, 1.165) is 33.1 Å². The van der Waals surface area contributed by atoms with Crippen LogP contribution in [-0.4, -0.2) is 17.4 Å². The van der Waals surface area contributed by atoms with E-state index in [2.05, 4.69) is 16.4 Å². The van der Waals surface area contributed by atoms with Crippen molar-refractivity contribution in [3.05, 3.63) is 63.3 Å². The van der Waals surface area contributed by atoms with Crippen molar-refractivity contribution < 1.29 is 4.39 Å². The van der Waals surface area contributed by atoms with Gasteiger partial charge in [-0.1, -0.05) is 25.1 Å². The first-order valence-electron chi connectivity index (χ1n) is 7.24. The van der Waals surface area contributed by atoms with Gasteiger partial charge in [-0.3, -0.25) is 4.99 Å². The summed E-state index contributed by atoms with van der Waals surface area (Å²) in [5, 5.41) is 8.91. The molecule has 0 N–H and O–H groups in total. The Labute approximate surface area is 142 Å². The minimum Gasteiger partial charge on any atom is -0.261 e. The van der Waals surface area contributed by atoms with E-state index in [0.29, 0.717) is 0 Å². The van der Waals surface area contributed by atoms with Crippen LogP contribution in [-0.2, 0) is 0 Å². The largest absolute Gasteiger partial charge is 0.261 e. The van der Waals surface area contributed by atoms with Crippen LogP contribution >= 0.6 is 22.7 Å². The Morgan fingerprint density at radius 1 is 1.17 bits per heavy atom. The molecular formula is C17H16FN3S2. The van der Waals surface area contributed by atoms with E-state index in [9.17, 15) is 4.39 Å². The fourth-order valence-corrected chi connectivity index (χ4v) is 3.83. The summed E-state index contributed by atoms with van der Waals surface area (Å²) in [5.41, 5.74) is 2.85. The lowest BCUT2D eigenvalue weighted by Gasteiger charge is -2.07. The highest BCUT2D eigenvalue weighted by Crippen LogP contribution is 2.25. The Kier molecular flexibility index (Phi) is 4.83. The van der Waals surface area contributed by atoms with Gasteiger partial charge in [0.1, 0.15) is 5.82 Å². The molecule has 0 radical (unpaired) electrons. The van der Waals surface area contributed by atoms with E-state index in [1.807, 2.05) is 23.0 Å². The van der Waals surface area contributed by atoms with Crippen LogP contribution in [0.15, 0.2) is 57.3 Å². The van der Waals surface area contributed by atoms with Crippen LogP contribution in [0.25, 0.3) is 10.6 Å². The van der Waals surface area contributed by atoms with Crippen LogP contribution in [0.2, 0.25) is 0 Å². The molecule has 1 aromatic carbocycles. The van der Waals surface area contributed by atoms with Crippen LogP contribution < -0.4 is 4.80 Å². The summed E-state index contributed by atoms with van der Waals surface area (Å²) in [7, 11) is 1.76. The molecule has 0 atom stereocenters. The molecule has 0 spiro atoms. The van der Waals surface area contributed by atoms with E-state index < -0.39 is 0 Å². The summed E-state index contributed by atoms with van der Waals surface area (Å²) in [4.78, 5) is 6.30. The standard InChI is InChI=1S/C17H16FN3S2/c1-3-14(12-6-8-13(18)9-7-12)20-21-15(11-23-17(21)19-2)16-5-4-10-22-16/h4-11H,3H2,1-2H3. The molecule has 3 aromatic rings. The molecule has 0 fully saturated rings. The quantitative estimate of drug-likeness (QED) is 0.618. The number of halogens is 1. The second kappa shape index (κ2) is 7.02. The molecule has 3 rings (SSSR count). The second-order valence-corrected chi connectivity index (χ2v) is 6.61. The van der Waals surface area contributed by atoms with Gasteiger partial charge in [-0.2, -0.15) is 5.10 Å². The molecule has 0 saturated heterocycles. The molecule has 0 aliphatic rings. The first-order chi connectivity index (χ1) is 11.2. The number of nitrogens with zero attached hydrogens (tertiary/aromatic N) is 3. The molecule has 2 heterocycles. The topological polar surface area (TPSA) is 29.6 Å². The zero-order chi connectivity index (χ0) is 16.2. The molecule has 0 aliphatic carbocycles. The summed E-state index contributed by atoms with van der Waals surface area (Å²) in [6, 6.07) is 10.5. The van der Waals surface area contributed by atoms with Gasteiger partial charge in [0.15, 0.2) is 0 Å². The molecule has 3 nitrogen and oxygen atoms in total. The molecule has 6 heteroatoms. The average Bonchev–Trinajstić information content (AvgIpc) is 3.22. The zero-order valence-corrected chi connectivity index (χ0v) is 14.5. The highest BCUT2D eigenvalue weighted by atomic mass is 32.1. The van der Waals surface area contributed by atoms with Gasteiger partial charge in [-0.15, -0.1) is 22.7 Å². The van der Waals surface area contributed by atoms with E-state index in [-0.39, 0.29) is 5.82 Å². The van der Waals surface area contributed by atoms with Crippen molar-refractivity contribution >= 4 is 28.4 Å². The predicted octanol–water partition coefficient (Wildman–Crippen LogP) is 4.61. The summed E-state index contributed by atoms with van der Waals surface area (Å²) in [5.74, 6) is -0.240. The van der Waals surface area contributed by atoms with Crippen molar-refractivity contribution in [3.8, 4) is 10.6 Å². The minimum atomic E-state index is -0.240. The number of benzene rings is 1. The third kappa shape index (κ3) is 3.33. The fourth-order valence-electron chi connectivity index (χ4n) is 2.24. The lowest BCUT2D eigenvalue weighted by Crippen LogP contribution is -2.14. The predicted molar refractivity (Wildman–Crippen MR) is 95.7 cm³/mol. The molecular weight excluding hydrogens is 329 g/mol. The molecule has 0 unspecified atom stereocenters. The SMILES string of the molecule is CCC(=Nn1c(-c2cccs2)csc1=NC)c1ccc(F)cc1. The molecule has 118 valence electrons. The lowest BCUT2D eigenvalue weighted by atomic mass is 10.1. The molecule has 23 heavy (non-hydrogen) atoms. The first kappa shape index (κ1) is 15.8. The van der Waals surface area contributed by atoms with Gasteiger partial charge in [-0.05, 0) is 35.6 Å². The Morgan fingerprint density at radius 2 is 1.96 bits per heavy atom. The maximum atomic E-state index is 13.1. The van der Waals surface area contributed by atoms with E-state index in [1.165, 1.54) is 12.1 Å². The summed E-state index contributed by atoms with van der Waals surface area (Å²) >= 11 is 3.23. The number of aromatic nitrogens is 1. The Hall–Kier alpha value is -2.05. The van der Waals surface area contributed by atoms with Crippen molar-refractivity contribution in [1.82, 2.24) is 4.68 Å². The van der Waals surface area contributed by atoms with Gasteiger partial charge in [0, 0.05) is 12.4 Å². The normalized spacial score (nSPS) is 12.8. The smallest absolute Gasteiger partial charge is 0.205 e. The fraction of sp³-hybridized carbons (Fsp3) is 0.176. The average molecular weight is 345 g/mol. The Balaban J connectivity index is 2.13. The van der Waals surface area contributed by atoms with Gasteiger partial charge >= 0.3 is 0 Å². The van der Waals surface area contributed by atoms with Crippen LogP contribution in [0.1, 0.15) is 18.9 Å². The number of thiophene rings is 1. The third-order valence-electron chi connectivity index (χ3n) is 3.38. The van der Waals surface area contributed by atoms with Crippen molar-refractivity contribution in [1.29, 1.82) is 0 Å². The van der Waals surface area contributed by atoms with Gasteiger partial charge in [-0.25, -0.2) is 9.07 Å². The third-order valence-corrected chi connectivity index (χ3v) is 5.18. The van der Waals surface area contributed by atoms with E-state index in [1.54, 1.807) is 41.9 Å². The molecule has 0 amide bonds.